The second-order valence-electron chi connectivity index (χ2n) is 9.63. The average Bonchev–Trinajstić information content (AvgIpc) is 3.50. The fourth-order valence-corrected chi connectivity index (χ4v) is 6.72. The predicted octanol–water partition coefficient (Wildman–Crippen LogP) is 8.22. The molecule has 0 saturated carbocycles. The molecular weight excluding hydrogens is 457 g/mol. The minimum atomic E-state index is 0.702. The van der Waals surface area contributed by atoms with Crippen LogP contribution in [0.2, 0.25) is 10.0 Å². The van der Waals surface area contributed by atoms with E-state index in [2.05, 4.69) is 59.2 Å². The Morgan fingerprint density at radius 2 is 1.03 bits per heavy atom. The Bertz CT molecular complexity index is 1520. The number of para-hydroxylation sites is 1. The Balaban J connectivity index is 1.75. The van der Waals surface area contributed by atoms with Crippen molar-refractivity contribution in [3.63, 3.8) is 0 Å². The highest BCUT2D eigenvalue weighted by Crippen LogP contribution is 2.44. The van der Waals surface area contributed by atoms with Crippen molar-refractivity contribution < 1.29 is 4.57 Å². The molecule has 0 N–H and O–H groups in total. The van der Waals surface area contributed by atoms with E-state index in [0.29, 0.717) is 10.0 Å². The van der Waals surface area contributed by atoms with Crippen LogP contribution in [0.1, 0.15) is 35.1 Å². The summed E-state index contributed by atoms with van der Waals surface area (Å²) in [6.07, 6.45) is 6.98. The molecule has 4 aromatic carbocycles. The van der Waals surface area contributed by atoms with Crippen molar-refractivity contribution in [1.82, 2.24) is 0 Å². The molecule has 0 bridgehead atoms. The summed E-state index contributed by atoms with van der Waals surface area (Å²) in [7, 11) is 0. The van der Waals surface area contributed by atoms with Gasteiger partial charge in [-0.15, -0.1) is 0 Å². The number of pyridine rings is 1. The SMILES string of the molecule is Clc1cccc(Cl)c1-c1c2cc3c(cc2[n+](-c2ccccc2)c2cc4c(cc12)CCC4)CCC3. The van der Waals surface area contributed by atoms with Crippen LogP contribution in [-0.2, 0) is 25.7 Å². The van der Waals surface area contributed by atoms with Gasteiger partial charge in [0.05, 0.1) is 10.8 Å². The molecule has 34 heavy (non-hydrogen) atoms. The number of hydrogen-bond acceptors (Lipinski definition) is 0. The maximum Gasteiger partial charge on any atom is 0.219 e. The van der Waals surface area contributed by atoms with E-state index in [1.54, 1.807) is 0 Å². The zero-order valence-corrected chi connectivity index (χ0v) is 20.4. The minimum absolute atomic E-state index is 0.702. The first-order valence-electron chi connectivity index (χ1n) is 12.2. The molecule has 2 aliphatic rings. The molecule has 0 aliphatic heterocycles. The van der Waals surface area contributed by atoms with E-state index >= 15 is 0 Å². The van der Waals surface area contributed by atoms with Crippen molar-refractivity contribution in [2.24, 2.45) is 0 Å². The van der Waals surface area contributed by atoms with Crippen LogP contribution < -0.4 is 4.57 Å². The third-order valence-electron chi connectivity index (χ3n) is 7.67. The number of aryl methyl sites for hydroxylation is 4. The highest BCUT2D eigenvalue weighted by atomic mass is 35.5. The summed E-state index contributed by atoms with van der Waals surface area (Å²) in [5.41, 5.74) is 11.6. The highest BCUT2D eigenvalue weighted by molar-refractivity contribution is 6.40. The number of aromatic nitrogens is 1. The Labute approximate surface area is 209 Å². The molecule has 0 spiro atoms. The van der Waals surface area contributed by atoms with E-state index in [1.165, 1.54) is 62.6 Å². The Morgan fingerprint density at radius 1 is 0.529 bits per heavy atom. The molecule has 5 aromatic rings. The first-order valence-corrected chi connectivity index (χ1v) is 12.9. The monoisotopic (exact) mass is 480 g/mol. The normalized spacial score (nSPS) is 14.6. The van der Waals surface area contributed by atoms with Gasteiger partial charge in [0.15, 0.2) is 0 Å². The third kappa shape index (κ3) is 3.04. The van der Waals surface area contributed by atoms with Gasteiger partial charge in [0.1, 0.15) is 0 Å². The Morgan fingerprint density at radius 3 is 1.56 bits per heavy atom. The summed E-state index contributed by atoms with van der Waals surface area (Å²) in [5, 5.41) is 3.86. The number of fused-ring (bicyclic) bond motifs is 4. The molecule has 7 rings (SSSR count). The van der Waals surface area contributed by atoms with Gasteiger partial charge >= 0.3 is 0 Å². The molecule has 2 aliphatic carbocycles. The van der Waals surface area contributed by atoms with Crippen LogP contribution in [0.5, 0.6) is 0 Å². The highest BCUT2D eigenvalue weighted by Gasteiger charge is 2.29. The minimum Gasteiger partial charge on any atom is -0.153 e. The van der Waals surface area contributed by atoms with Crippen LogP contribution in [0.25, 0.3) is 38.6 Å². The lowest BCUT2D eigenvalue weighted by molar-refractivity contribution is -0.538. The maximum absolute atomic E-state index is 6.86. The number of nitrogens with zero attached hydrogens (tertiary/aromatic N) is 1. The zero-order valence-electron chi connectivity index (χ0n) is 18.9. The van der Waals surface area contributed by atoms with Gasteiger partial charge in [-0.2, -0.15) is 4.57 Å². The first kappa shape index (κ1) is 20.5. The molecule has 0 unspecified atom stereocenters. The van der Waals surface area contributed by atoms with E-state index in [-0.39, 0.29) is 0 Å². The third-order valence-corrected chi connectivity index (χ3v) is 8.30. The summed E-state index contributed by atoms with van der Waals surface area (Å²) in [5.74, 6) is 0. The summed E-state index contributed by atoms with van der Waals surface area (Å²) < 4.78 is 2.45. The van der Waals surface area contributed by atoms with Gasteiger partial charge in [0.25, 0.3) is 0 Å². The molecule has 166 valence electrons. The molecular formula is C31H24Cl2N+. The van der Waals surface area contributed by atoms with Gasteiger partial charge in [-0.3, -0.25) is 0 Å². The van der Waals surface area contributed by atoms with Crippen LogP contribution in [0.4, 0.5) is 0 Å². The maximum atomic E-state index is 6.86. The molecule has 3 heteroatoms. The summed E-state index contributed by atoms with van der Waals surface area (Å²) in [6, 6.07) is 26.3. The number of hydrogen-bond donors (Lipinski definition) is 0. The van der Waals surface area contributed by atoms with E-state index in [1.807, 2.05) is 18.2 Å². The fraction of sp³-hybridized carbons (Fsp3) is 0.194. The van der Waals surface area contributed by atoms with Crippen LogP contribution in [0.15, 0.2) is 72.8 Å². The van der Waals surface area contributed by atoms with Crippen LogP contribution in [0, 0.1) is 0 Å². The van der Waals surface area contributed by atoms with Crippen molar-refractivity contribution in [1.29, 1.82) is 0 Å². The molecule has 0 amide bonds. The van der Waals surface area contributed by atoms with Gasteiger partial charge in [-0.05, 0) is 85.0 Å². The number of benzene rings is 4. The van der Waals surface area contributed by atoms with E-state index in [0.717, 1.165) is 36.8 Å². The molecule has 0 fully saturated rings. The quantitative estimate of drug-likeness (QED) is 0.177. The van der Waals surface area contributed by atoms with Gasteiger partial charge in [0, 0.05) is 45.4 Å². The van der Waals surface area contributed by atoms with Crippen molar-refractivity contribution >= 4 is 45.0 Å². The summed E-state index contributed by atoms with van der Waals surface area (Å²) >= 11 is 13.7. The molecule has 1 aromatic heterocycles. The van der Waals surface area contributed by atoms with Crippen molar-refractivity contribution in [2.45, 2.75) is 38.5 Å². The van der Waals surface area contributed by atoms with E-state index in [4.69, 9.17) is 23.2 Å². The molecule has 0 radical (unpaired) electrons. The molecule has 1 heterocycles. The Kier molecular flexibility index (Phi) is 4.72. The lowest BCUT2D eigenvalue weighted by Gasteiger charge is -2.16. The van der Waals surface area contributed by atoms with E-state index < -0.39 is 0 Å². The molecule has 1 nitrogen and oxygen atoms in total. The van der Waals surface area contributed by atoms with Crippen LogP contribution in [-0.4, -0.2) is 0 Å². The summed E-state index contributed by atoms with van der Waals surface area (Å²) in [6.45, 7) is 0. The van der Waals surface area contributed by atoms with Crippen LogP contribution >= 0.6 is 23.2 Å². The smallest absolute Gasteiger partial charge is 0.153 e. The predicted molar refractivity (Wildman–Crippen MR) is 142 cm³/mol. The fourth-order valence-electron chi connectivity index (χ4n) is 6.13. The van der Waals surface area contributed by atoms with Gasteiger partial charge in [-0.1, -0.05) is 47.5 Å². The largest absolute Gasteiger partial charge is 0.219 e. The Hall–Kier alpha value is -2.87. The van der Waals surface area contributed by atoms with E-state index in [9.17, 15) is 0 Å². The summed E-state index contributed by atoms with van der Waals surface area (Å²) in [4.78, 5) is 0. The van der Waals surface area contributed by atoms with Crippen molar-refractivity contribution in [3.05, 3.63) is 105 Å². The topological polar surface area (TPSA) is 3.88 Å². The molecule has 0 saturated heterocycles. The second-order valence-corrected chi connectivity index (χ2v) is 10.4. The van der Waals surface area contributed by atoms with Gasteiger partial charge < -0.3 is 0 Å². The standard InChI is InChI=1S/C31H24Cl2N/c32-26-13-6-14-27(33)31(26)30-24-15-19-7-4-9-21(19)17-28(24)34(23-11-2-1-3-12-23)29-18-22-10-5-8-20(22)16-25(29)30/h1-3,6,11-18H,4-5,7-10H2/q+1. The van der Waals surface area contributed by atoms with Crippen molar-refractivity contribution in [3.8, 4) is 16.8 Å². The average molecular weight is 481 g/mol. The first-order chi connectivity index (χ1) is 16.7. The molecule has 0 atom stereocenters. The second kappa shape index (κ2) is 7.83. The lowest BCUT2D eigenvalue weighted by Crippen LogP contribution is -2.33. The number of rotatable bonds is 2. The zero-order chi connectivity index (χ0) is 22.8. The van der Waals surface area contributed by atoms with Crippen LogP contribution in [0.3, 0.4) is 0 Å². The van der Waals surface area contributed by atoms with Gasteiger partial charge in [0.2, 0.25) is 16.7 Å². The van der Waals surface area contributed by atoms with Crippen molar-refractivity contribution in [2.75, 3.05) is 0 Å². The number of halogens is 2. The van der Waals surface area contributed by atoms with Gasteiger partial charge in [-0.25, -0.2) is 0 Å². The lowest BCUT2D eigenvalue weighted by atomic mass is 9.91.